The van der Waals surface area contributed by atoms with Gasteiger partial charge in [0.2, 0.25) is 0 Å². The van der Waals surface area contributed by atoms with Crippen LogP contribution in [0.25, 0.3) is 10.1 Å². The van der Waals surface area contributed by atoms with Crippen molar-refractivity contribution in [3.05, 3.63) is 44.1 Å². The van der Waals surface area contributed by atoms with Gasteiger partial charge < -0.3 is 19.5 Å². The van der Waals surface area contributed by atoms with E-state index < -0.39 is 23.8 Å². The molecule has 0 saturated heterocycles. The first-order valence-electron chi connectivity index (χ1n) is 9.28. The lowest BCUT2D eigenvalue weighted by Gasteiger charge is -2.11. The maximum absolute atomic E-state index is 13.1. The molecule has 1 unspecified atom stereocenters. The van der Waals surface area contributed by atoms with Crippen molar-refractivity contribution >= 4 is 67.2 Å². The molecule has 162 valence electrons. The van der Waals surface area contributed by atoms with E-state index in [1.165, 1.54) is 36.9 Å². The Morgan fingerprint density at radius 1 is 1.13 bits per heavy atom. The number of carbonyl (C=O) groups is 3. The van der Waals surface area contributed by atoms with E-state index in [0.29, 0.717) is 44.4 Å². The smallest absolute Gasteiger partial charge is 0.341 e. The molecule has 0 fully saturated rings. The summed E-state index contributed by atoms with van der Waals surface area (Å²) in [6.45, 7) is 0. The number of rotatable bonds is 5. The Morgan fingerprint density at radius 3 is 2.58 bits per heavy atom. The van der Waals surface area contributed by atoms with Crippen LogP contribution in [0.2, 0.25) is 5.02 Å². The van der Waals surface area contributed by atoms with Gasteiger partial charge in [0.05, 0.1) is 37.8 Å². The number of methoxy groups -OCH3 is 3. The molecule has 0 spiro atoms. The molecule has 2 heterocycles. The summed E-state index contributed by atoms with van der Waals surface area (Å²) in [6.07, 6.45) is 1.17. The zero-order chi connectivity index (χ0) is 22.3. The number of hydrogen-bond donors (Lipinski definition) is 1. The molecule has 4 rings (SSSR count). The second kappa shape index (κ2) is 8.49. The van der Waals surface area contributed by atoms with Crippen molar-refractivity contribution in [1.82, 2.24) is 0 Å². The number of halogens is 1. The number of amides is 1. The van der Waals surface area contributed by atoms with E-state index in [-0.39, 0.29) is 5.56 Å². The van der Waals surface area contributed by atoms with E-state index in [1.807, 2.05) is 6.07 Å². The fourth-order valence-electron chi connectivity index (χ4n) is 3.72. The molecule has 1 atom stereocenters. The first-order valence-corrected chi connectivity index (χ1v) is 11.3. The molecule has 10 heteroatoms. The van der Waals surface area contributed by atoms with Gasteiger partial charge in [-0.25, -0.2) is 4.79 Å². The zero-order valence-electron chi connectivity index (χ0n) is 16.9. The Morgan fingerprint density at radius 2 is 1.90 bits per heavy atom. The van der Waals surface area contributed by atoms with Gasteiger partial charge in [0.25, 0.3) is 5.91 Å². The fraction of sp³-hybridized carbons (Fsp3) is 0.286. The lowest BCUT2D eigenvalue weighted by atomic mass is 9.99. The Hall–Kier alpha value is -2.62. The maximum atomic E-state index is 13.1. The first kappa shape index (κ1) is 21.6. The summed E-state index contributed by atoms with van der Waals surface area (Å²) in [4.78, 5) is 39.0. The van der Waals surface area contributed by atoms with Gasteiger partial charge in [-0.3, -0.25) is 9.59 Å². The topological polar surface area (TPSA) is 90.9 Å². The van der Waals surface area contributed by atoms with Gasteiger partial charge in [0.1, 0.15) is 15.6 Å². The molecule has 1 N–H and O–H groups in total. The molecule has 7 nitrogen and oxygen atoms in total. The van der Waals surface area contributed by atoms with Gasteiger partial charge >= 0.3 is 11.9 Å². The van der Waals surface area contributed by atoms with Crippen molar-refractivity contribution in [3.8, 4) is 5.75 Å². The van der Waals surface area contributed by atoms with Crippen LogP contribution >= 0.6 is 34.3 Å². The summed E-state index contributed by atoms with van der Waals surface area (Å²) in [5, 5.41) is 4.16. The van der Waals surface area contributed by atoms with Crippen molar-refractivity contribution in [2.24, 2.45) is 0 Å². The number of carbonyl (C=O) groups excluding carboxylic acids is 3. The maximum Gasteiger partial charge on any atom is 0.341 e. The summed E-state index contributed by atoms with van der Waals surface area (Å²) in [5.74, 6) is -1.39. The summed E-state index contributed by atoms with van der Waals surface area (Å²) in [7, 11) is 4.13. The zero-order valence-corrected chi connectivity index (χ0v) is 19.3. The van der Waals surface area contributed by atoms with Gasteiger partial charge in [-0.1, -0.05) is 11.6 Å². The van der Waals surface area contributed by atoms with Crippen LogP contribution < -0.4 is 10.1 Å². The van der Waals surface area contributed by atoms with E-state index in [0.717, 1.165) is 9.58 Å². The molecule has 3 aromatic rings. The second-order valence-corrected chi connectivity index (χ2v) is 9.35. The minimum absolute atomic E-state index is 0.197. The minimum Gasteiger partial charge on any atom is -0.497 e. The SMILES string of the molecule is COC(=O)c1c(NC(=O)c2sc3ccc(OC)cc3c2Cl)sc2c1C(C(=O)OC)CC2. The van der Waals surface area contributed by atoms with Crippen LogP contribution in [0.4, 0.5) is 5.00 Å². The molecule has 0 aliphatic heterocycles. The number of hydrogen-bond acceptors (Lipinski definition) is 8. The molecular weight excluding hydrogens is 462 g/mol. The van der Waals surface area contributed by atoms with Crippen molar-refractivity contribution < 1.29 is 28.6 Å². The van der Waals surface area contributed by atoms with Gasteiger partial charge in [-0.2, -0.15) is 0 Å². The summed E-state index contributed by atoms with van der Waals surface area (Å²) in [6, 6.07) is 5.40. The number of thiophene rings is 2. The van der Waals surface area contributed by atoms with Crippen molar-refractivity contribution in [3.63, 3.8) is 0 Å². The lowest BCUT2D eigenvalue weighted by molar-refractivity contribution is -0.142. The predicted octanol–water partition coefficient (Wildman–Crippen LogP) is 4.87. The molecule has 1 aliphatic carbocycles. The Kier molecular flexibility index (Phi) is 5.92. The molecule has 1 aliphatic rings. The monoisotopic (exact) mass is 479 g/mol. The normalized spacial score (nSPS) is 14.9. The molecule has 0 saturated carbocycles. The van der Waals surface area contributed by atoms with Gasteiger partial charge in [0.15, 0.2) is 0 Å². The Balaban J connectivity index is 1.72. The van der Waals surface area contributed by atoms with Crippen LogP contribution in [0.3, 0.4) is 0 Å². The van der Waals surface area contributed by atoms with E-state index in [1.54, 1.807) is 19.2 Å². The van der Waals surface area contributed by atoms with Crippen LogP contribution in [0, 0.1) is 0 Å². The largest absolute Gasteiger partial charge is 0.497 e. The number of ether oxygens (including phenoxy) is 3. The minimum atomic E-state index is -0.615. The van der Waals surface area contributed by atoms with Crippen molar-refractivity contribution in [2.45, 2.75) is 18.8 Å². The highest BCUT2D eigenvalue weighted by Gasteiger charge is 2.38. The predicted molar refractivity (Wildman–Crippen MR) is 120 cm³/mol. The Bertz CT molecular complexity index is 1210. The molecule has 2 aromatic heterocycles. The summed E-state index contributed by atoms with van der Waals surface area (Å²) in [5.41, 5.74) is 0.772. The molecule has 0 bridgehead atoms. The number of nitrogens with one attached hydrogen (secondary N) is 1. The standard InChI is InChI=1S/C21H18ClNO6S2/c1-27-9-4-6-12-11(8-9)16(22)17(30-12)18(24)23-19-15(21(26)29-3)14-10(20(25)28-2)5-7-13(14)31-19/h4,6,8,10H,5,7H2,1-3H3,(H,23,24). The lowest BCUT2D eigenvalue weighted by Crippen LogP contribution is -2.17. The molecule has 1 amide bonds. The summed E-state index contributed by atoms with van der Waals surface area (Å²) >= 11 is 8.99. The molecule has 31 heavy (non-hydrogen) atoms. The van der Waals surface area contributed by atoms with Crippen LogP contribution in [0.1, 0.15) is 42.8 Å². The average molecular weight is 480 g/mol. The van der Waals surface area contributed by atoms with E-state index in [9.17, 15) is 14.4 Å². The van der Waals surface area contributed by atoms with Crippen LogP contribution in [0.5, 0.6) is 5.75 Å². The highest BCUT2D eigenvalue weighted by atomic mass is 35.5. The van der Waals surface area contributed by atoms with Crippen LogP contribution in [-0.4, -0.2) is 39.2 Å². The van der Waals surface area contributed by atoms with Crippen LogP contribution in [0.15, 0.2) is 18.2 Å². The number of aryl methyl sites for hydroxylation is 1. The third kappa shape index (κ3) is 3.66. The van der Waals surface area contributed by atoms with Crippen LogP contribution in [-0.2, 0) is 20.7 Å². The third-order valence-corrected chi connectivity index (χ3v) is 8.03. The van der Waals surface area contributed by atoms with Crippen molar-refractivity contribution in [2.75, 3.05) is 26.6 Å². The third-order valence-electron chi connectivity index (χ3n) is 5.17. The average Bonchev–Trinajstić information content (AvgIpc) is 3.44. The summed E-state index contributed by atoms with van der Waals surface area (Å²) < 4.78 is 15.9. The van der Waals surface area contributed by atoms with E-state index in [2.05, 4.69) is 5.32 Å². The highest BCUT2D eigenvalue weighted by Crippen LogP contribution is 2.46. The second-order valence-electron chi connectivity index (χ2n) is 6.81. The number of benzene rings is 1. The van der Waals surface area contributed by atoms with Gasteiger partial charge in [0, 0.05) is 15.0 Å². The number of esters is 2. The quantitative estimate of drug-likeness (QED) is 0.525. The fourth-order valence-corrected chi connectivity index (χ4v) is 6.36. The Labute approximate surface area is 190 Å². The highest BCUT2D eigenvalue weighted by molar-refractivity contribution is 7.22. The van der Waals surface area contributed by atoms with Gasteiger partial charge in [-0.05, 0) is 36.6 Å². The number of fused-ring (bicyclic) bond motifs is 2. The molecule has 1 aromatic carbocycles. The van der Waals surface area contributed by atoms with E-state index >= 15 is 0 Å². The first-order chi connectivity index (χ1) is 14.9. The van der Waals surface area contributed by atoms with E-state index in [4.69, 9.17) is 25.8 Å². The molecular formula is C21H18ClNO6S2. The molecule has 0 radical (unpaired) electrons. The van der Waals surface area contributed by atoms with Crippen molar-refractivity contribution in [1.29, 1.82) is 0 Å². The number of anilines is 1. The van der Waals surface area contributed by atoms with Gasteiger partial charge in [-0.15, -0.1) is 22.7 Å².